The van der Waals surface area contributed by atoms with Crippen molar-refractivity contribution in [1.82, 2.24) is 10.0 Å². The topological polar surface area (TPSA) is 84.2 Å². The summed E-state index contributed by atoms with van der Waals surface area (Å²) in [5.74, 6) is 0. The van der Waals surface area contributed by atoms with Crippen molar-refractivity contribution in [2.75, 3.05) is 13.1 Å². The molecular formula is C6H15N3O2S. The number of hydrogen-bond donors (Lipinski definition) is 3. The summed E-state index contributed by atoms with van der Waals surface area (Å²) in [5, 5.41) is 8.00. The Morgan fingerprint density at radius 1 is 1.50 bits per heavy atom. The highest BCUT2D eigenvalue weighted by Gasteiger charge is 2.13. The molecule has 0 aromatic rings. The van der Waals surface area contributed by atoms with Gasteiger partial charge >= 0.3 is 0 Å². The quantitative estimate of drug-likeness (QED) is 0.533. The van der Waals surface area contributed by atoms with E-state index in [1.165, 1.54) is 6.42 Å². The van der Waals surface area contributed by atoms with Gasteiger partial charge in [-0.05, 0) is 19.4 Å². The first kappa shape index (κ1) is 9.91. The molecule has 12 heavy (non-hydrogen) atoms. The third-order valence-electron chi connectivity index (χ3n) is 1.94. The molecular weight excluding hydrogens is 178 g/mol. The zero-order valence-electron chi connectivity index (χ0n) is 6.91. The second kappa shape index (κ2) is 4.18. The molecule has 4 N–H and O–H groups in total. The summed E-state index contributed by atoms with van der Waals surface area (Å²) in [4.78, 5) is 0. The number of nitrogens with one attached hydrogen (secondary N) is 2. The summed E-state index contributed by atoms with van der Waals surface area (Å²) >= 11 is 0. The normalized spacial score (nSPS) is 25.6. The number of hydrogen-bond acceptors (Lipinski definition) is 3. The monoisotopic (exact) mass is 193 g/mol. The summed E-state index contributed by atoms with van der Waals surface area (Å²) in [6.45, 7) is 1.37. The highest BCUT2D eigenvalue weighted by Crippen LogP contribution is 2.05. The molecule has 1 fully saturated rings. The molecule has 0 aromatic heterocycles. The minimum absolute atomic E-state index is 0.247. The van der Waals surface area contributed by atoms with Gasteiger partial charge in [-0.25, -0.2) is 9.86 Å². The van der Waals surface area contributed by atoms with Crippen LogP contribution in [0.4, 0.5) is 0 Å². The zero-order valence-corrected chi connectivity index (χ0v) is 7.73. The van der Waals surface area contributed by atoms with Gasteiger partial charge in [-0.1, -0.05) is 6.42 Å². The van der Waals surface area contributed by atoms with E-state index in [1.807, 2.05) is 0 Å². The maximum atomic E-state index is 10.5. The molecule has 1 aliphatic rings. The molecule has 1 aliphatic heterocycles. The highest BCUT2D eigenvalue weighted by molar-refractivity contribution is 7.87. The number of piperidine rings is 1. The van der Waals surface area contributed by atoms with Gasteiger partial charge in [-0.2, -0.15) is 8.42 Å². The van der Waals surface area contributed by atoms with Crippen LogP contribution >= 0.6 is 0 Å². The third kappa shape index (κ3) is 4.01. The Bertz CT molecular complexity index is 221. The fourth-order valence-corrected chi connectivity index (χ4v) is 1.75. The lowest BCUT2D eigenvalue weighted by molar-refractivity contribution is 0.398. The average Bonchev–Trinajstić information content (AvgIpc) is 2.02. The van der Waals surface area contributed by atoms with Crippen molar-refractivity contribution in [2.24, 2.45) is 5.14 Å². The van der Waals surface area contributed by atoms with Gasteiger partial charge in [0.2, 0.25) is 0 Å². The van der Waals surface area contributed by atoms with E-state index in [9.17, 15) is 8.42 Å². The van der Waals surface area contributed by atoms with Crippen LogP contribution in [0.2, 0.25) is 0 Å². The van der Waals surface area contributed by atoms with Crippen LogP contribution in [-0.4, -0.2) is 27.5 Å². The van der Waals surface area contributed by atoms with E-state index in [0.717, 1.165) is 19.4 Å². The average molecular weight is 193 g/mol. The van der Waals surface area contributed by atoms with Gasteiger partial charge in [0.1, 0.15) is 0 Å². The van der Waals surface area contributed by atoms with Gasteiger partial charge in [0.15, 0.2) is 0 Å². The molecule has 72 valence electrons. The Hall–Kier alpha value is -0.170. The van der Waals surface area contributed by atoms with E-state index in [4.69, 9.17) is 5.14 Å². The molecule has 1 atom stereocenters. The predicted octanol–water partition coefficient (Wildman–Crippen LogP) is -1.08. The van der Waals surface area contributed by atoms with E-state index in [1.54, 1.807) is 0 Å². The van der Waals surface area contributed by atoms with Crippen LogP contribution in [0.5, 0.6) is 0 Å². The van der Waals surface area contributed by atoms with Crippen LogP contribution < -0.4 is 15.2 Å². The summed E-state index contributed by atoms with van der Waals surface area (Å²) < 4.78 is 23.3. The van der Waals surface area contributed by atoms with Crippen LogP contribution in [0.1, 0.15) is 19.3 Å². The lowest BCUT2D eigenvalue weighted by Gasteiger charge is -2.22. The van der Waals surface area contributed by atoms with E-state index < -0.39 is 10.2 Å². The Kier molecular flexibility index (Phi) is 3.45. The Morgan fingerprint density at radius 3 is 2.75 bits per heavy atom. The van der Waals surface area contributed by atoms with Gasteiger partial charge < -0.3 is 5.32 Å². The molecule has 0 amide bonds. The summed E-state index contributed by atoms with van der Waals surface area (Å²) in [7, 11) is -3.51. The first-order chi connectivity index (χ1) is 5.58. The predicted molar refractivity (Wildman–Crippen MR) is 46.8 cm³/mol. The first-order valence-electron chi connectivity index (χ1n) is 4.09. The smallest absolute Gasteiger partial charge is 0.274 e. The largest absolute Gasteiger partial charge is 0.313 e. The van der Waals surface area contributed by atoms with E-state index >= 15 is 0 Å². The van der Waals surface area contributed by atoms with Crippen LogP contribution in [0.3, 0.4) is 0 Å². The molecule has 0 aromatic carbocycles. The minimum Gasteiger partial charge on any atom is -0.313 e. The van der Waals surface area contributed by atoms with Crippen molar-refractivity contribution in [2.45, 2.75) is 25.3 Å². The second-order valence-electron chi connectivity index (χ2n) is 3.04. The third-order valence-corrected chi connectivity index (χ3v) is 2.51. The van der Waals surface area contributed by atoms with Gasteiger partial charge in [0.05, 0.1) is 0 Å². The molecule has 0 spiro atoms. The molecule has 0 radical (unpaired) electrons. The van der Waals surface area contributed by atoms with Crippen molar-refractivity contribution in [3.63, 3.8) is 0 Å². The van der Waals surface area contributed by atoms with Crippen molar-refractivity contribution in [3.8, 4) is 0 Å². The van der Waals surface area contributed by atoms with Crippen molar-refractivity contribution < 1.29 is 8.42 Å². The fraction of sp³-hybridized carbons (Fsp3) is 1.00. The van der Waals surface area contributed by atoms with Gasteiger partial charge in [-0.15, -0.1) is 0 Å². The zero-order chi connectivity index (χ0) is 9.03. The van der Waals surface area contributed by atoms with E-state index in [2.05, 4.69) is 10.0 Å². The summed E-state index contributed by atoms with van der Waals surface area (Å²) in [5.41, 5.74) is 0. The molecule has 1 rings (SSSR count). The molecule has 1 heterocycles. The van der Waals surface area contributed by atoms with Gasteiger partial charge in [-0.3, -0.25) is 0 Å². The summed E-state index contributed by atoms with van der Waals surface area (Å²) in [6, 6.07) is 0.247. The Balaban J connectivity index is 2.22. The molecule has 0 bridgehead atoms. The lowest BCUT2D eigenvalue weighted by Crippen LogP contribution is -2.45. The van der Waals surface area contributed by atoms with E-state index in [-0.39, 0.29) is 6.04 Å². The van der Waals surface area contributed by atoms with Crippen molar-refractivity contribution in [1.29, 1.82) is 0 Å². The lowest BCUT2D eigenvalue weighted by atomic mass is 10.1. The van der Waals surface area contributed by atoms with E-state index in [0.29, 0.717) is 6.54 Å². The highest BCUT2D eigenvalue weighted by atomic mass is 32.2. The van der Waals surface area contributed by atoms with Gasteiger partial charge in [0.25, 0.3) is 10.2 Å². The summed E-state index contributed by atoms with van der Waals surface area (Å²) in [6.07, 6.45) is 3.35. The molecule has 5 nitrogen and oxygen atoms in total. The Morgan fingerprint density at radius 2 is 2.25 bits per heavy atom. The van der Waals surface area contributed by atoms with Crippen LogP contribution in [0.15, 0.2) is 0 Å². The van der Waals surface area contributed by atoms with Crippen molar-refractivity contribution in [3.05, 3.63) is 0 Å². The molecule has 0 aliphatic carbocycles. The molecule has 1 saturated heterocycles. The number of rotatable bonds is 3. The first-order valence-corrected chi connectivity index (χ1v) is 5.63. The molecule has 6 heteroatoms. The second-order valence-corrected chi connectivity index (χ2v) is 4.42. The van der Waals surface area contributed by atoms with Crippen LogP contribution in [0.25, 0.3) is 0 Å². The SMILES string of the molecule is NS(=O)(=O)NC[C@H]1CCCCN1. The maximum Gasteiger partial charge on any atom is 0.274 e. The standard InChI is InChI=1S/C6H15N3O2S/c7-12(10,11)9-5-6-3-1-2-4-8-6/h6,8-9H,1-5H2,(H2,7,10,11)/t6-/m1/s1. The minimum atomic E-state index is -3.51. The molecule has 0 saturated carbocycles. The van der Waals surface area contributed by atoms with Gasteiger partial charge in [0, 0.05) is 12.6 Å². The fourth-order valence-electron chi connectivity index (χ4n) is 1.31. The Labute approximate surface area is 72.9 Å². The van der Waals surface area contributed by atoms with Crippen LogP contribution in [0, 0.1) is 0 Å². The van der Waals surface area contributed by atoms with Crippen molar-refractivity contribution >= 4 is 10.2 Å². The van der Waals surface area contributed by atoms with Crippen LogP contribution in [-0.2, 0) is 10.2 Å². The molecule has 0 unspecified atom stereocenters. The number of nitrogens with two attached hydrogens (primary N) is 1. The maximum absolute atomic E-state index is 10.5.